The molecule has 0 radical (unpaired) electrons. The summed E-state index contributed by atoms with van der Waals surface area (Å²) in [6, 6.07) is 10.8. The van der Waals surface area contributed by atoms with Crippen molar-refractivity contribution in [3.8, 4) is 0 Å². The number of benzene rings is 1. The Labute approximate surface area is 125 Å². The van der Waals surface area contributed by atoms with Crippen molar-refractivity contribution in [2.24, 2.45) is 0 Å². The van der Waals surface area contributed by atoms with Crippen molar-refractivity contribution < 1.29 is 0 Å². The van der Waals surface area contributed by atoms with E-state index in [0.29, 0.717) is 0 Å². The number of halogens is 2. The molecule has 1 aromatic heterocycles. The van der Waals surface area contributed by atoms with E-state index < -0.39 is 0 Å². The summed E-state index contributed by atoms with van der Waals surface area (Å²) in [6.07, 6.45) is 4.73. The van der Waals surface area contributed by atoms with Crippen molar-refractivity contribution in [1.29, 1.82) is 0 Å². The molecule has 0 saturated carbocycles. The molecule has 2 aromatic rings. The molecule has 0 saturated heterocycles. The molecule has 18 heavy (non-hydrogen) atoms. The Balaban J connectivity index is 1.74. The number of alkyl halides is 1. The standard InChI is InChI=1S/C15H14BrClS/c16-12-6-4-10(5-7-12)8-13(17)15-9-11-2-1-3-14(11)18-15/h4-7,9,13H,1-3,8H2. The van der Waals surface area contributed by atoms with Crippen LogP contribution in [0.3, 0.4) is 0 Å². The summed E-state index contributed by atoms with van der Waals surface area (Å²) < 4.78 is 1.12. The minimum Gasteiger partial charge on any atom is -0.144 e. The first-order chi connectivity index (χ1) is 8.72. The molecule has 1 aliphatic rings. The molecule has 0 N–H and O–H groups in total. The lowest BCUT2D eigenvalue weighted by Crippen LogP contribution is -1.93. The fourth-order valence-corrected chi connectivity index (χ4v) is 4.31. The van der Waals surface area contributed by atoms with Crippen LogP contribution in [0, 0.1) is 0 Å². The topological polar surface area (TPSA) is 0 Å². The molecule has 1 unspecified atom stereocenters. The SMILES string of the molecule is ClC(Cc1ccc(Br)cc1)c1cc2c(s1)CCC2. The number of aryl methyl sites for hydroxylation is 2. The second-order valence-electron chi connectivity index (χ2n) is 4.75. The van der Waals surface area contributed by atoms with Crippen molar-refractivity contribution >= 4 is 38.9 Å². The lowest BCUT2D eigenvalue weighted by atomic mass is 10.1. The highest BCUT2D eigenvalue weighted by Gasteiger charge is 2.19. The van der Waals surface area contributed by atoms with Crippen molar-refractivity contribution in [1.82, 2.24) is 0 Å². The Kier molecular flexibility index (Phi) is 3.78. The minimum absolute atomic E-state index is 0.113. The van der Waals surface area contributed by atoms with Gasteiger partial charge in [0.25, 0.3) is 0 Å². The number of hydrogen-bond donors (Lipinski definition) is 0. The van der Waals surface area contributed by atoms with E-state index in [-0.39, 0.29) is 5.38 Å². The quantitative estimate of drug-likeness (QED) is 0.645. The van der Waals surface area contributed by atoms with Gasteiger partial charge in [0, 0.05) is 14.2 Å². The highest BCUT2D eigenvalue weighted by atomic mass is 79.9. The van der Waals surface area contributed by atoms with E-state index in [1.54, 1.807) is 4.88 Å². The maximum atomic E-state index is 6.55. The number of thiophene rings is 1. The van der Waals surface area contributed by atoms with E-state index in [1.165, 1.54) is 35.3 Å². The summed E-state index contributed by atoms with van der Waals surface area (Å²) in [4.78, 5) is 2.90. The summed E-state index contributed by atoms with van der Waals surface area (Å²) >= 11 is 11.9. The first-order valence-electron chi connectivity index (χ1n) is 6.22. The third kappa shape index (κ3) is 2.66. The second-order valence-corrected chi connectivity index (χ2v) is 7.36. The fraction of sp³-hybridized carbons (Fsp3) is 0.333. The molecule has 0 aliphatic heterocycles. The smallest absolute Gasteiger partial charge is 0.0719 e. The third-order valence-corrected chi connectivity index (χ3v) is 5.80. The summed E-state index contributed by atoms with van der Waals surface area (Å²) in [6.45, 7) is 0. The van der Waals surface area contributed by atoms with Crippen molar-refractivity contribution in [2.75, 3.05) is 0 Å². The van der Waals surface area contributed by atoms with Gasteiger partial charge in [-0.2, -0.15) is 0 Å². The Morgan fingerprint density at radius 3 is 2.72 bits per heavy atom. The maximum Gasteiger partial charge on any atom is 0.0719 e. The van der Waals surface area contributed by atoms with Gasteiger partial charge in [0.2, 0.25) is 0 Å². The van der Waals surface area contributed by atoms with Gasteiger partial charge >= 0.3 is 0 Å². The Hall–Kier alpha value is -0.310. The van der Waals surface area contributed by atoms with E-state index in [9.17, 15) is 0 Å². The normalized spacial score (nSPS) is 15.7. The Morgan fingerprint density at radius 2 is 2.00 bits per heavy atom. The van der Waals surface area contributed by atoms with Gasteiger partial charge in [-0.05, 0) is 55.0 Å². The molecule has 1 aliphatic carbocycles. The summed E-state index contributed by atoms with van der Waals surface area (Å²) in [5.74, 6) is 0. The maximum absolute atomic E-state index is 6.55. The van der Waals surface area contributed by atoms with Gasteiger partial charge in [-0.25, -0.2) is 0 Å². The molecule has 94 valence electrons. The lowest BCUT2D eigenvalue weighted by Gasteiger charge is -2.07. The van der Waals surface area contributed by atoms with Gasteiger partial charge in [-0.1, -0.05) is 28.1 Å². The molecule has 3 rings (SSSR count). The number of rotatable bonds is 3. The number of fused-ring (bicyclic) bond motifs is 1. The van der Waals surface area contributed by atoms with E-state index in [2.05, 4.69) is 46.3 Å². The van der Waals surface area contributed by atoms with Crippen LogP contribution in [0.2, 0.25) is 0 Å². The minimum atomic E-state index is 0.113. The first-order valence-corrected chi connectivity index (χ1v) is 8.27. The molecule has 0 bridgehead atoms. The van der Waals surface area contributed by atoms with E-state index in [4.69, 9.17) is 11.6 Å². The largest absolute Gasteiger partial charge is 0.144 e. The van der Waals surface area contributed by atoms with Gasteiger partial charge in [0.15, 0.2) is 0 Å². The Morgan fingerprint density at radius 1 is 1.22 bits per heavy atom. The average Bonchev–Trinajstić information content (AvgIpc) is 2.92. The molecule has 1 aromatic carbocycles. The van der Waals surface area contributed by atoms with Gasteiger partial charge in [-0.3, -0.25) is 0 Å². The second kappa shape index (κ2) is 5.36. The predicted octanol–water partition coefficient (Wildman–Crippen LogP) is 5.52. The summed E-state index contributed by atoms with van der Waals surface area (Å²) in [7, 11) is 0. The average molecular weight is 342 g/mol. The van der Waals surface area contributed by atoms with E-state index in [0.717, 1.165) is 10.9 Å². The van der Waals surface area contributed by atoms with Crippen LogP contribution >= 0.6 is 38.9 Å². The van der Waals surface area contributed by atoms with Crippen LogP contribution in [-0.2, 0) is 19.3 Å². The highest BCUT2D eigenvalue weighted by molar-refractivity contribution is 9.10. The zero-order chi connectivity index (χ0) is 12.5. The molecular formula is C15H14BrClS. The van der Waals surface area contributed by atoms with Gasteiger partial charge in [0.1, 0.15) is 0 Å². The van der Waals surface area contributed by atoms with Crippen LogP contribution < -0.4 is 0 Å². The van der Waals surface area contributed by atoms with E-state index >= 15 is 0 Å². The Bertz CT molecular complexity index is 523. The van der Waals surface area contributed by atoms with Gasteiger partial charge in [0.05, 0.1) is 5.38 Å². The van der Waals surface area contributed by atoms with E-state index in [1.807, 2.05) is 11.3 Å². The van der Waals surface area contributed by atoms with Crippen LogP contribution in [0.1, 0.15) is 32.7 Å². The first kappa shape index (κ1) is 12.7. The molecular weight excluding hydrogens is 328 g/mol. The summed E-state index contributed by atoms with van der Waals surface area (Å²) in [5, 5.41) is 0.113. The molecule has 0 amide bonds. The van der Waals surface area contributed by atoms with Gasteiger partial charge < -0.3 is 0 Å². The molecule has 0 fully saturated rings. The summed E-state index contributed by atoms with van der Waals surface area (Å²) in [5.41, 5.74) is 2.84. The molecule has 0 nitrogen and oxygen atoms in total. The molecule has 1 heterocycles. The molecule has 0 spiro atoms. The fourth-order valence-electron chi connectivity index (χ4n) is 2.43. The molecule has 3 heteroatoms. The van der Waals surface area contributed by atoms with Crippen LogP contribution in [-0.4, -0.2) is 0 Å². The third-order valence-electron chi connectivity index (χ3n) is 3.40. The van der Waals surface area contributed by atoms with Crippen LogP contribution in [0.15, 0.2) is 34.8 Å². The lowest BCUT2D eigenvalue weighted by molar-refractivity contribution is 0.905. The molecule has 1 atom stereocenters. The van der Waals surface area contributed by atoms with Crippen molar-refractivity contribution in [2.45, 2.75) is 31.1 Å². The van der Waals surface area contributed by atoms with Crippen molar-refractivity contribution in [3.63, 3.8) is 0 Å². The zero-order valence-electron chi connectivity index (χ0n) is 9.96. The monoisotopic (exact) mass is 340 g/mol. The van der Waals surface area contributed by atoms with Crippen molar-refractivity contribution in [3.05, 3.63) is 55.7 Å². The highest BCUT2D eigenvalue weighted by Crippen LogP contribution is 2.37. The van der Waals surface area contributed by atoms with Gasteiger partial charge in [-0.15, -0.1) is 22.9 Å². The predicted molar refractivity (Wildman–Crippen MR) is 82.8 cm³/mol. The van der Waals surface area contributed by atoms with Crippen LogP contribution in [0.4, 0.5) is 0 Å². The van der Waals surface area contributed by atoms with Crippen LogP contribution in [0.5, 0.6) is 0 Å². The number of hydrogen-bond acceptors (Lipinski definition) is 1. The van der Waals surface area contributed by atoms with Crippen LogP contribution in [0.25, 0.3) is 0 Å². The zero-order valence-corrected chi connectivity index (χ0v) is 13.1.